The lowest BCUT2D eigenvalue weighted by atomic mass is 10.2. The molecule has 2 aromatic carbocycles. The summed E-state index contributed by atoms with van der Waals surface area (Å²) < 4.78 is 22.0. The molecule has 1 atom stereocenters. The maximum absolute atomic E-state index is 12.6. The van der Waals surface area contributed by atoms with Crippen LogP contribution in [0.2, 0.25) is 0 Å². The van der Waals surface area contributed by atoms with Crippen LogP contribution in [0.4, 0.5) is 5.69 Å². The number of hydrogen-bond donors (Lipinski definition) is 1. The molecule has 0 fully saturated rings. The van der Waals surface area contributed by atoms with Gasteiger partial charge in [0.25, 0.3) is 0 Å². The van der Waals surface area contributed by atoms with E-state index in [9.17, 15) is 4.79 Å². The van der Waals surface area contributed by atoms with Crippen LogP contribution in [0.5, 0.6) is 17.2 Å². The first-order chi connectivity index (χ1) is 15.1. The molecule has 31 heavy (non-hydrogen) atoms. The lowest BCUT2D eigenvalue weighted by Crippen LogP contribution is -2.23. The predicted molar refractivity (Wildman–Crippen MR) is 118 cm³/mol. The van der Waals surface area contributed by atoms with Crippen molar-refractivity contribution in [1.29, 1.82) is 0 Å². The summed E-state index contributed by atoms with van der Waals surface area (Å²) in [6.45, 7) is 5.33. The SMILES string of the molecule is CCOc1ccccc1-c1noc(CSC(C)C(=O)Nc2ccc3c(c2)OCCO3)n1. The third-order valence-corrected chi connectivity index (χ3v) is 5.66. The number of hydrogen-bond acceptors (Lipinski definition) is 8. The molecule has 1 N–H and O–H groups in total. The quantitative estimate of drug-likeness (QED) is 0.557. The number of fused-ring (bicyclic) bond motifs is 1. The van der Waals surface area contributed by atoms with Gasteiger partial charge < -0.3 is 24.1 Å². The zero-order valence-electron chi connectivity index (χ0n) is 17.3. The number of amides is 1. The number of nitrogens with zero attached hydrogens (tertiary/aromatic N) is 2. The van der Waals surface area contributed by atoms with Crippen molar-refractivity contribution in [2.24, 2.45) is 0 Å². The van der Waals surface area contributed by atoms with E-state index in [0.29, 0.717) is 60.2 Å². The van der Waals surface area contributed by atoms with Crippen LogP contribution in [0.3, 0.4) is 0 Å². The standard InChI is InChI=1S/C22H23N3O5S/c1-3-27-17-7-5-4-6-16(17)21-24-20(30-25-21)13-31-14(2)22(26)23-15-8-9-18-19(12-15)29-11-10-28-18/h4-9,12,14H,3,10-11,13H2,1-2H3,(H,23,26). The van der Waals surface area contributed by atoms with E-state index in [0.717, 1.165) is 5.56 Å². The fourth-order valence-corrected chi connectivity index (χ4v) is 3.71. The zero-order chi connectivity index (χ0) is 21.6. The van der Waals surface area contributed by atoms with Gasteiger partial charge in [-0.15, -0.1) is 11.8 Å². The number of para-hydroxylation sites is 1. The predicted octanol–water partition coefficient (Wildman–Crippen LogP) is 4.17. The molecule has 1 unspecified atom stereocenters. The Labute approximate surface area is 184 Å². The molecule has 0 spiro atoms. The Kier molecular flexibility index (Phi) is 6.61. The van der Waals surface area contributed by atoms with Crippen LogP contribution in [0.1, 0.15) is 19.7 Å². The number of ether oxygens (including phenoxy) is 3. The van der Waals surface area contributed by atoms with Gasteiger partial charge in [-0.3, -0.25) is 4.79 Å². The molecule has 8 nitrogen and oxygen atoms in total. The summed E-state index contributed by atoms with van der Waals surface area (Å²) >= 11 is 1.41. The second-order valence-electron chi connectivity index (χ2n) is 6.74. The number of carbonyl (C=O) groups excluding carboxylic acids is 1. The van der Waals surface area contributed by atoms with Crippen LogP contribution in [0.25, 0.3) is 11.4 Å². The van der Waals surface area contributed by atoms with E-state index in [1.54, 1.807) is 18.2 Å². The molecule has 0 saturated heterocycles. The van der Waals surface area contributed by atoms with Crippen LogP contribution in [-0.2, 0) is 10.5 Å². The van der Waals surface area contributed by atoms with Crippen LogP contribution in [-0.4, -0.2) is 41.1 Å². The molecule has 1 aliphatic rings. The first kappa shape index (κ1) is 21.0. The monoisotopic (exact) mass is 441 g/mol. The van der Waals surface area contributed by atoms with E-state index in [1.165, 1.54) is 11.8 Å². The van der Waals surface area contributed by atoms with E-state index in [2.05, 4.69) is 15.5 Å². The molecule has 2 heterocycles. The number of benzene rings is 2. The summed E-state index contributed by atoms with van der Waals surface area (Å²) in [6.07, 6.45) is 0. The van der Waals surface area contributed by atoms with E-state index in [-0.39, 0.29) is 11.2 Å². The van der Waals surface area contributed by atoms with E-state index < -0.39 is 0 Å². The molecule has 3 aromatic rings. The number of aromatic nitrogens is 2. The molecule has 9 heteroatoms. The summed E-state index contributed by atoms with van der Waals surface area (Å²) in [5, 5.41) is 6.64. The Balaban J connectivity index is 1.34. The van der Waals surface area contributed by atoms with Crippen molar-refractivity contribution in [2.45, 2.75) is 24.9 Å². The molecule has 162 valence electrons. The normalized spacial score (nSPS) is 13.5. The number of anilines is 1. The first-order valence-corrected chi connectivity index (χ1v) is 11.1. The third-order valence-electron chi connectivity index (χ3n) is 4.53. The Bertz CT molecular complexity index is 1060. The molecule has 0 saturated carbocycles. The zero-order valence-corrected chi connectivity index (χ0v) is 18.1. The smallest absolute Gasteiger partial charge is 0.237 e. The van der Waals surface area contributed by atoms with Gasteiger partial charge in [-0.1, -0.05) is 17.3 Å². The van der Waals surface area contributed by atoms with Crippen molar-refractivity contribution in [1.82, 2.24) is 10.1 Å². The number of carbonyl (C=O) groups is 1. The second-order valence-corrected chi connectivity index (χ2v) is 8.07. The summed E-state index contributed by atoms with van der Waals surface area (Å²) in [7, 11) is 0. The Morgan fingerprint density at radius 3 is 2.84 bits per heavy atom. The summed E-state index contributed by atoms with van der Waals surface area (Å²) in [5.74, 6) is 3.23. The molecule has 4 rings (SSSR count). The molecule has 0 bridgehead atoms. The maximum Gasteiger partial charge on any atom is 0.237 e. The minimum absolute atomic E-state index is 0.122. The third kappa shape index (κ3) is 5.11. The topological polar surface area (TPSA) is 95.7 Å². The number of thioether (sulfide) groups is 1. The summed E-state index contributed by atoms with van der Waals surface area (Å²) in [6, 6.07) is 12.9. The highest BCUT2D eigenvalue weighted by atomic mass is 32.2. The molecule has 1 aliphatic heterocycles. The van der Waals surface area contributed by atoms with Crippen molar-refractivity contribution in [3.63, 3.8) is 0 Å². The van der Waals surface area contributed by atoms with Crippen LogP contribution in [0, 0.1) is 0 Å². The fraction of sp³-hybridized carbons (Fsp3) is 0.318. The lowest BCUT2D eigenvalue weighted by molar-refractivity contribution is -0.115. The highest BCUT2D eigenvalue weighted by molar-refractivity contribution is 7.99. The van der Waals surface area contributed by atoms with E-state index in [4.69, 9.17) is 18.7 Å². The van der Waals surface area contributed by atoms with Gasteiger partial charge in [0.2, 0.25) is 17.6 Å². The van der Waals surface area contributed by atoms with Crippen molar-refractivity contribution in [3.8, 4) is 28.6 Å². The number of rotatable bonds is 8. The summed E-state index contributed by atoms with van der Waals surface area (Å²) in [4.78, 5) is 17.0. The second kappa shape index (κ2) is 9.74. The average molecular weight is 442 g/mol. The minimum Gasteiger partial charge on any atom is -0.493 e. The Morgan fingerprint density at radius 1 is 1.19 bits per heavy atom. The van der Waals surface area contributed by atoms with Gasteiger partial charge in [0, 0.05) is 11.8 Å². The van der Waals surface area contributed by atoms with Crippen molar-refractivity contribution in [3.05, 3.63) is 48.4 Å². The molecule has 0 aliphatic carbocycles. The van der Waals surface area contributed by atoms with Gasteiger partial charge in [0.15, 0.2) is 11.5 Å². The van der Waals surface area contributed by atoms with Gasteiger partial charge in [-0.2, -0.15) is 4.98 Å². The first-order valence-electron chi connectivity index (χ1n) is 10.0. The van der Waals surface area contributed by atoms with E-state index >= 15 is 0 Å². The van der Waals surface area contributed by atoms with Gasteiger partial charge in [-0.05, 0) is 38.1 Å². The molecule has 1 amide bonds. The highest BCUT2D eigenvalue weighted by Gasteiger charge is 2.19. The van der Waals surface area contributed by atoms with Gasteiger partial charge in [-0.25, -0.2) is 0 Å². The van der Waals surface area contributed by atoms with Gasteiger partial charge >= 0.3 is 0 Å². The number of nitrogens with one attached hydrogen (secondary N) is 1. The van der Waals surface area contributed by atoms with Gasteiger partial charge in [0.05, 0.1) is 23.2 Å². The van der Waals surface area contributed by atoms with Crippen molar-refractivity contribution >= 4 is 23.4 Å². The molecular formula is C22H23N3O5S. The van der Waals surface area contributed by atoms with E-state index in [1.807, 2.05) is 38.1 Å². The lowest BCUT2D eigenvalue weighted by Gasteiger charge is -2.19. The van der Waals surface area contributed by atoms with Gasteiger partial charge in [0.1, 0.15) is 19.0 Å². The van der Waals surface area contributed by atoms with Crippen molar-refractivity contribution < 1.29 is 23.5 Å². The fourth-order valence-electron chi connectivity index (χ4n) is 2.99. The van der Waals surface area contributed by atoms with Crippen LogP contribution in [0.15, 0.2) is 47.0 Å². The Hall–Kier alpha value is -3.20. The Morgan fingerprint density at radius 2 is 2.00 bits per heavy atom. The van der Waals surface area contributed by atoms with Crippen LogP contribution >= 0.6 is 11.8 Å². The molecule has 0 radical (unpaired) electrons. The van der Waals surface area contributed by atoms with Crippen LogP contribution < -0.4 is 19.5 Å². The molecule has 1 aromatic heterocycles. The minimum atomic E-state index is -0.320. The molecular weight excluding hydrogens is 418 g/mol. The largest absolute Gasteiger partial charge is 0.493 e. The average Bonchev–Trinajstić information content (AvgIpc) is 3.27. The summed E-state index contributed by atoms with van der Waals surface area (Å²) in [5.41, 5.74) is 1.43. The maximum atomic E-state index is 12.6. The highest BCUT2D eigenvalue weighted by Crippen LogP contribution is 2.33. The van der Waals surface area contributed by atoms with Crippen molar-refractivity contribution in [2.75, 3.05) is 25.1 Å².